The molecule has 1 amide bonds. The Kier molecular flexibility index (Phi) is 7.14. The number of sulfonamides is 1. The summed E-state index contributed by atoms with van der Waals surface area (Å²) in [5.41, 5.74) is 0.325. The van der Waals surface area contributed by atoms with E-state index in [9.17, 15) is 13.2 Å². The van der Waals surface area contributed by atoms with Crippen molar-refractivity contribution in [2.75, 3.05) is 5.32 Å². The molecule has 0 aliphatic heterocycles. The molecule has 0 aromatic heterocycles. The molecule has 0 saturated heterocycles. The minimum absolute atomic E-state index is 0.0567. The van der Waals surface area contributed by atoms with Crippen LogP contribution in [0.4, 0.5) is 5.69 Å². The highest BCUT2D eigenvalue weighted by molar-refractivity contribution is 9.10. The first-order valence-electron chi connectivity index (χ1n) is 8.86. The lowest BCUT2D eigenvalue weighted by Crippen LogP contribution is -2.41. The molecule has 2 N–H and O–H groups in total. The van der Waals surface area contributed by atoms with Gasteiger partial charge in [-0.2, -0.15) is 4.72 Å². The van der Waals surface area contributed by atoms with E-state index < -0.39 is 22.0 Å². The maximum absolute atomic E-state index is 12.6. The first-order chi connectivity index (χ1) is 14.2. The molecule has 3 rings (SSSR count). The molecule has 6 nitrogen and oxygen atoms in total. The zero-order chi connectivity index (χ0) is 21.7. The molecule has 9 heteroatoms. The average Bonchev–Trinajstić information content (AvgIpc) is 2.71. The molecule has 0 heterocycles. The van der Waals surface area contributed by atoms with Gasteiger partial charge in [0.15, 0.2) is 5.75 Å². The number of carbonyl (C=O) groups excluding carboxylic acids is 1. The lowest BCUT2D eigenvalue weighted by atomic mass is 10.2. The number of para-hydroxylation sites is 1. The van der Waals surface area contributed by atoms with Crippen LogP contribution in [-0.4, -0.2) is 20.4 Å². The molecule has 0 fully saturated rings. The second kappa shape index (κ2) is 9.61. The molecular formula is C21H18BrClN2O4S. The lowest BCUT2D eigenvalue weighted by Gasteiger charge is -2.17. The fraction of sp³-hybridized carbons (Fsp3) is 0.0952. The summed E-state index contributed by atoms with van der Waals surface area (Å²) in [7, 11) is -3.87. The van der Waals surface area contributed by atoms with Gasteiger partial charge in [-0.15, -0.1) is 0 Å². The quantitative estimate of drug-likeness (QED) is 0.458. The Morgan fingerprint density at radius 2 is 1.70 bits per heavy atom. The van der Waals surface area contributed by atoms with Crippen molar-refractivity contribution in [2.45, 2.75) is 17.9 Å². The fourth-order valence-corrected chi connectivity index (χ4v) is 4.15. The van der Waals surface area contributed by atoms with E-state index in [1.807, 2.05) is 18.2 Å². The van der Waals surface area contributed by atoms with E-state index in [4.69, 9.17) is 16.3 Å². The Balaban J connectivity index is 1.75. The number of hydrogen-bond donors (Lipinski definition) is 2. The van der Waals surface area contributed by atoms with Gasteiger partial charge in [-0.1, -0.05) is 45.7 Å². The molecule has 0 radical (unpaired) electrons. The largest absolute Gasteiger partial charge is 0.455 e. The van der Waals surface area contributed by atoms with Crippen molar-refractivity contribution in [3.8, 4) is 11.5 Å². The van der Waals surface area contributed by atoms with Crippen molar-refractivity contribution >= 4 is 49.1 Å². The van der Waals surface area contributed by atoms with Gasteiger partial charge in [-0.05, 0) is 61.5 Å². The number of nitrogens with one attached hydrogen (secondary N) is 2. The van der Waals surface area contributed by atoms with E-state index in [1.165, 1.54) is 25.1 Å². The molecule has 0 bridgehead atoms. The second-order valence-corrected chi connectivity index (χ2v) is 9.41. The van der Waals surface area contributed by atoms with Crippen molar-refractivity contribution in [1.82, 2.24) is 4.72 Å². The minimum Gasteiger partial charge on any atom is -0.455 e. The summed E-state index contributed by atoms with van der Waals surface area (Å²) >= 11 is 9.32. The van der Waals surface area contributed by atoms with Gasteiger partial charge in [-0.3, -0.25) is 4.79 Å². The number of rotatable bonds is 7. The molecule has 0 spiro atoms. The highest BCUT2D eigenvalue weighted by Gasteiger charge is 2.23. The van der Waals surface area contributed by atoms with Crippen molar-refractivity contribution in [2.24, 2.45) is 0 Å². The lowest BCUT2D eigenvalue weighted by molar-refractivity contribution is -0.117. The zero-order valence-electron chi connectivity index (χ0n) is 15.8. The van der Waals surface area contributed by atoms with Crippen molar-refractivity contribution in [1.29, 1.82) is 0 Å². The highest BCUT2D eigenvalue weighted by atomic mass is 79.9. The fourth-order valence-electron chi connectivity index (χ4n) is 2.51. The first kappa shape index (κ1) is 22.3. The van der Waals surface area contributed by atoms with Crippen LogP contribution in [0.2, 0.25) is 5.02 Å². The predicted molar refractivity (Wildman–Crippen MR) is 121 cm³/mol. The number of hydrogen-bond acceptors (Lipinski definition) is 4. The number of carbonyl (C=O) groups is 1. The normalized spacial score (nSPS) is 12.2. The number of amides is 1. The van der Waals surface area contributed by atoms with Crippen molar-refractivity contribution in [3.05, 3.63) is 82.3 Å². The van der Waals surface area contributed by atoms with Gasteiger partial charge in [0.05, 0.1) is 16.6 Å². The van der Waals surface area contributed by atoms with E-state index in [-0.39, 0.29) is 4.90 Å². The smallest absolute Gasteiger partial charge is 0.242 e. The van der Waals surface area contributed by atoms with E-state index in [0.717, 1.165) is 4.47 Å². The molecule has 0 unspecified atom stereocenters. The zero-order valence-corrected chi connectivity index (χ0v) is 19.0. The standard InChI is InChI=1S/C21H18BrClN2O4S/c1-14(25-30(27,28)18-10-7-15(22)8-11-18)21(26)24-19-13-16(23)9-12-20(19)29-17-5-3-2-4-6-17/h2-14,25H,1H3,(H,24,26)/t14-/m0/s1. The molecule has 3 aromatic carbocycles. The van der Waals surface area contributed by atoms with Crippen molar-refractivity contribution < 1.29 is 17.9 Å². The second-order valence-electron chi connectivity index (χ2n) is 6.34. The Morgan fingerprint density at radius 3 is 2.37 bits per heavy atom. The number of benzene rings is 3. The van der Waals surface area contributed by atoms with Crippen LogP contribution >= 0.6 is 27.5 Å². The van der Waals surface area contributed by atoms with E-state index in [0.29, 0.717) is 22.2 Å². The van der Waals surface area contributed by atoms with Gasteiger partial charge in [0.25, 0.3) is 0 Å². The summed E-state index contributed by atoms with van der Waals surface area (Å²) in [5.74, 6) is 0.400. The highest BCUT2D eigenvalue weighted by Crippen LogP contribution is 2.32. The Hall–Kier alpha value is -2.39. The molecule has 30 heavy (non-hydrogen) atoms. The third-order valence-electron chi connectivity index (χ3n) is 4.02. The van der Waals surface area contributed by atoms with Gasteiger partial charge in [-0.25, -0.2) is 8.42 Å². The SMILES string of the molecule is C[C@H](NS(=O)(=O)c1ccc(Br)cc1)C(=O)Nc1cc(Cl)ccc1Oc1ccccc1. The minimum atomic E-state index is -3.87. The molecule has 0 saturated carbocycles. The molecule has 1 atom stereocenters. The predicted octanol–water partition coefficient (Wildman–Crippen LogP) is 5.20. The van der Waals surface area contributed by atoms with E-state index in [2.05, 4.69) is 26.0 Å². The van der Waals surface area contributed by atoms with Crippen molar-refractivity contribution in [3.63, 3.8) is 0 Å². The summed E-state index contributed by atoms with van der Waals surface area (Å²) in [6.45, 7) is 1.45. The van der Waals surface area contributed by atoms with Crippen LogP contribution in [0.1, 0.15) is 6.92 Å². The summed E-state index contributed by atoms with van der Waals surface area (Å²) in [4.78, 5) is 12.7. The summed E-state index contributed by atoms with van der Waals surface area (Å²) in [5, 5.41) is 3.07. The molecule has 0 aliphatic rings. The Bertz CT molecular complexity index is 1140. The Morgan fingerprint density at radius 1 is 1.03 bits per heavy atom. The summed E-state index contributed by atoms with van der Waals surface area (Å²) in [6, 6.07) is 18.9. The summed E-state index contributed by atoms with van der Waals surface area (Å²) in [6.07, 6.45) is 0. The van der Waals surface area contributed by atoms with Crippen LogP contribution in [0.15, 0.2) is 82.2 Å². The van der Waals surface area contributed by atoms with Gasteiger partial charge < -0.3 is 10.1 Å². The summed E-state index contributed by atoms with van der Waals surface area (Å²) < 4.78 is 34.0. The topological polar surface area (TPSA) is 84.5 Å². The van der Waals surface area contributed by atoms with Crippen LogP contribution in [0.5, 0.6) is 11.5 Å². The van der Waals surface area contributed by atoms with Gasteiger partial charge in [0, 0.05) is 9.50 Å². The monoisotopic (exact) mass is 508 g/mol. The number of ether oxygens (including phenoxy) is 1. The van der Waals surface area contributed by atoms with Gasteiger partial charge >= 0.3 is 0 Å². The van der Waals surface area contributed by atoms with Crippen LogP contribution in [0.3, 0.4) is 0 Å². The molecule has 156 valence electrons. The number of anilines is 1. The van der Waals surface area contributed by atoms with E-state index in [1.54, 1.807) is 36.4 Å². The third kappa shape index (κ3) is 5.82. The van der Waals surface area contributed by atoms with Crippen LogP contribution in [0, 0.1) is 0 Å². The van der Waals surface area contributed by atoms with Gasteiger partial charge in [0.1, 0.15) is 5.75 Å². The molecule has 3 aromatic rings. The first-order valence-corrected chi connectivity index (χ1v) is 11.5. The van der Waals surface area contributed by atoms with Crippen LogP contribution < -0.4 is 14.8 Å². The number of halogens is 2. The average molecular weight is 510 g/mol. The van der Waals surface area contributed by atoms with Crippen LogP contribution in [-0.2, 0) is 14.8 Å². The molecular weight excluding hydrogens is 492 g/mol. The maximum Gasteiger partial charge on any atom is 0.242 e. The van der Waals surface area contributed by atoms with Gasteiger partial charge in [0.2, 0.25) is 15.9 Å². The molecule has 0 aliphatic carbocycles. The third-order valence-corrected chi connectivity index (χ3v) is 6.34. The Labute approximate surface area is 188 Å². The maximum atomic E-state index is 12.6. The van der Waals surface area contributed by atoms with E-state index >= 15 is 0 Å². The van der Waals surface area contributed by atoms with Crippen LogP contribution in [0.25, 0.3) is 0 Å².